The highest BCUT2D eigenvalue weighted by atomic mass is 16.6. The van der Waals surface area contributed by atoms with Gasteiger partial charge in [-0.2, -0.15) is 0 Å². The van der Waals surface area contributed by atoms with Crippen LogP contribution in [-0.2, 0) is 14.3 Å². The van der Waals surface area contributed by atoms with Crippen LogP contribution in [0.2, 0.25) is 0 Å². The SMILES string of the molecule is CC(C)N(C(=O)COC(=O)[C@@H]1COc2ccccc2O1)C(C)C. The maximum atomic E-state index is 12.2. The van der Waals surface area contributed by atoms with Crippen LogP contribution in [0.5, 0.6) is 11.5 Å². The van der Waals surface area contributed by atoms with Gasteiger partial charge in [0.15, 0.2) is 18.1 Å². The predicted molar refractivity (Wildman–Crippen MR) is 84.4 cm³/mol. The second-order valence-electron chi connectivity index (χ2n) is 5.96. The summed E-state index contributed by atoms with van der Waals surface area (Å²) in [6.07, 6.45) is -0.857. The number of carbonyl (C=O) groups excluding carboxylic acids is 2. The molecule has 1 aromatic carbocycles. The number of fused-ring (bicyclic) bond motifs is 1. The smallest absolute Gasteiger partial charge is 0.351 e. The lowest BCUT2D eigenvalue weighted by atomic mass is 10.2. The summed E-state index contributed by atoms with van der Waals surface area (Å²) in [6.45, 7) is 7.48. The Labute approximate surface area is 136 Å². The van der Waals surface area contributed by atoms with Gasteiger partial charge >= 0.3 is 5.97 Å². The molecule has 2 rings (SSSR count). The summed E-state index contributed by atoms with van der Waals surface area (Å²) in [5.74, 6) is 0.275. The van der Waals surface area contributed by atoms with Crippen molar-refractivity contribution in [1.29, 1.82) is 0 Å². The molecule has 6 heteroatoms. The number of hydrogen-bond donors (Lipinski definition) is 0. The van der Waals surface area contributed by atoms with E-state index in [2.05, 4.69) is 0 Å². The molecule has 1 heterocycles. The summed E-state index contributed by atoms with van der Waals surface area (Å²) in [7, 11) is 0. The highest BCUT2D eigenvalue weighted by Gasteiger charge is 2.30. The van der Waals surface area contributed by atoms with Crippen molar-refractivity contribution in [3.05, 3.63) is 24.3 Å². The van der Waals surface area contributed by atoms with Crippen molar-refractivity contribution in [1.82, 2.24) is 4.90 Å². The molecule has 0 fully saturated rings. The fraction of sp³-hybridized carbons (Fsp3) is 0.529. The fourth-order valence-electron chi connectivity index (χ4n) is 2.61. The van der Waals surface area contributed by atoms with Gasteiger partial charge in [0.05, 0.1) is 0 Å². The van der Waals surface area contributed by atoms with Crippen LogP contribution in [-0.4, -0.2) is 48.2 Å². The van der Waals surface area contributed by atoms with Crippen molar-refractivity contribution < 1.29 is 23.8 Å². The van der Waals surface area contributed by atoms with Gasteiger partial charge in [0.1, 0.15) is 6.61 Å². The van der Waals surface area contributed by atoms with Crippen LogP contribution < -0.4 is 9.47 Å². The molecule has 23 heavy (non-hydrogen) atoms. The number of ether oxygens (including phenoxy) is 3. The maximum absolute atomic E-state index is 12.2. The average Bonchev–Trinajstić information content (AvgIpc) is 2.51. The van der Waals surface area contributed by atoms with E-state index in [0.29, 0.717) is 11.5 Å². The van der Waals surface area contributed by atoms with Crippen LogP contribution in [0.15, 0.2) is 24.3 Å². The highest BCUT2D eigenvalue weighted by Crippen LogP contribution is 2.31. The number of nitrogens with zero attached hydrogens (tertiary/aromatic N) is 1. The minimum atomic E-state index is -0.857. The Morgan fingerprint density at radius 1 is 1.17 bits per heavy atom. The van der Waals surface area contributed by atoms with Gasteiger partial charge in [0, 0.05) is 12.1 Å². The number of para-hydroxylation sites is 2. The molecule has 0 radical (unpaired) electrons. The van der Waals surface area contributed by atoms with E-state index in [1.54, 1.807) is 23.1 Å². The molecule has 1 aliphatic heterocycles. The first-order chi connectivity index (χ1) is 10.9. The first-order valence-electron chi connectivity index (χ1n) is 7.76. The number of benzene rings is 1. The van der Waals surface area contributed by atoms with Gasteiger partial charge in [-0.1, -0.05) is 12.1 Å². The zero-order valence-corrected chi connectivity index (χ0v) is 13.9. The predicted octanol–water partition coefficient (Wildman–Crippen LogP) is 2.01. The molecule has 0 spiro atoms. The van der Waals surface area contributed by atoms with Crippen molar-refractivity contribution in [2.75, 3.05) is 13.2 Å². The van der Waals surface area contributed by atoms with Gasteiger partial charge in [-0.15, -0.1) is 0 Å². The quantitative estimate of drug-likeness (QED) is 0.776. The van der Waals surface area contributed by atoms with Crippen molar-refractivity contribution in [3.63, 3.8) is 0 Å². The summed E-state index contributed by atoms with van der Waals surface area (Å²) < 4.78 is 16.1. The van der Waals surface area contributed by atoms with Crippen LogP contribution >= 0.6 is 0 Å². The van der Waals surface area contributed by atoms with Crippen molar-refractivity contribution in [2.24, 2.45) is 0 Å². The molecule has 0 saturated heterocycles. The van der Waals surface area contributed by atoms with Crippen LogP contribution in [0.25, 0.3) is 0 Å². The zero-order valence-electron chi connectivity index (χ0n) is 13.9. The Morgan fingerprint density at radius 3 is 2.39 bits per heavy atom. The molecule has 6 nitrogen and oxygen atoms in total. The topological polar surface area (TPSA) is 65.1 Å². The third-order valence-corrected chi connectivity index (χ3v) is 3.51. The van der Waals surface area contributed by atoms with Gasteiger partial charge in [0.2, 0.25) is 6.10 Å². The molecule has 1 amide bonds. The largest absolute Gasteiger partial charge is 0.485 e. The molecule has 0 bridgehead atoms. The maximum Gasteiger partial charge on any atom is 0.351 e. The number of rotatable bonds is 5. The van der Waals surface area contributed by atoms with Gasteiger partial charge in [-0.05, 0) is 39.8 Å². The van der Waals surface area contributed by atoms with E-state index in [9.17, 15) is 9.59 Å². The molecular formula is C17H23NO5. The van der Waals surface area contributed by atoms with Crippen LogP contribution in [0.1, 0.15) is 27.7 Å². The van der Waals surface area contributed by atoms with E-state index in [0.717, 1.165) is 0 Å². The summed E-state index contributed by atoms with van der Waals surface area (Å²) in [5.41, 5.74) is 0. The molecule has 0 aromatic heterocycles. The van der Waals surface area contributed by atoms with E-state index >= 15 is 0 Å². The lowest BCUT2D eigenvalue weighted by Crippen LogP contribution is -2.45. The van der Waals surface area contributed by atoms with Gasteiger partial charge in [-0.3, -0.25) is 4.79 Å². The molecule has 1 aromatic rings. The minimum Gasteiger partial charge on any atom is -0.485 e. The molecule has 0 unspecified atom stereocenters. The number of esters is 1. The fourth-order valence-corrected chi connectivity index (χ4v) is 2.61. The van der Waals surface area contributed by atoms with E-state index < -0.39 is 12.1 Å². The lowest BCUT2D eigenvalue weighted by Gasteiger charge is -2.31. The number of hydrogen-bond acceptors (Lipinski definition) is 5. The summed E-state index contributed by atoms with van der Waals surface area (Å²) in [4.78, 5) is 25.9. The Kier molecular flexibility index (Phi) is 5.47. The van der Waals surface area contributed by atoms with Gasteiger partial charge < -0.3 is 19.1 Å². The molecule has 0 N–H and O–H groups in total. The molecule has 126 valence electrons. The number of amides is 1. The second kappa shape index (κ2) is 7.35. The van der Waals surface area contributed by atoms with Crippen molar-refractivity contribution in [3.8, 4) is 11.5 Å². The van der Waals surface area contributed by atoms with Crippen LogP contribution in [0.3, 0.4) is 0 Å². The third kappa shape index (κ3) is 4.15. The standard InChI is InChI=1S/C17H23NO5/c1-11(2)18(12(3)4)16(19)10-22-17(20)15-9-21-13-7-5-6-8-14(13)23-15/h5-8,11-12,15H,9-10H2,1-4H3/t15-/m0/s1. The van der Waals surface area contributed by atoms with Crippen molar-refractivity contribution >= 4 is 11.9 Å². The van der Waals surface area contributed by atoms with E-state index in [1.165, 1.54) is 0 Å². The second-order valence-corrected chi connectivity index (χ2v) is 5.96. The Bertz CT molecular complexity index is 562. The zero-order chi connectivity index (χ0) is 17.0. The summed E-state index contributed by atoms with van der Waals surface area (Å²) >= 11 is 0. The third-order valence-electron chi connectivity index (χ3n) is 3.51. The normalized spacial score (nSPS) is 16.3. The first-order valence-corrected chi connectivity index (χ1v) is 7.76. The van der Waals surface area contributed by atoms with E-state index in [4.69, 9.17) is 14.2 Å². The number of carbonyl (C=O) groups is 2. The minimum absolute atomic E-state index is 0.0438. The van der Waals surface area contributed by atoms with Gasteiger partial charge in [-0.25, -0.2) is 4.79 Å². The monoisotopic (exact) mass is 321 g/mol. The van der Waals surface area contributed by atoms with Crippen molar-refractivity contribution in [2.45, 2.75) is 45.9 Å². The van der Waals surface area contributed by atoms with Gasteiger partial charge in [0.25, 0.3) is 5.91 Å². The highest BCUT2D eigenvalue weighted by molar-refractivity contribution is 5.82. The van der Waals surface area contributed by atoms with Crippen LogP contribution in [0, 0.1) is 0 Å². The summed E-state index contributed by atoms with van der Waals surface area (Å²) in [6, 6.07) is 7.20. The van der Waals surface area contributed by atoms with Crippen LogP contribution in [0.4, 0.5) is 0 Å². The molecular weight excluding hydrogens is 298 g/mol. The molecule has 0 saturated carbocycles. The summed E-state index contributed by atoms with van der Waals surface area (Å²) in [5, 5.41) is 0. The lowest BCUT2D eigenvalue weighted by molar-refractivity contribution is -0.161. The molecule has 1 aliphatic rings. The van der Waals surface area contributed by atoms with E-state index in [-0.39, 0.29) is 31.2 Å². The van der Waals surface area contributed by atoms with E-state index in [1.807, 2.05) is 33.8 Å². The first kappa shape index (κ1) is 17.1. The molecule has 1 atom stereocenters. The average molecular weight is 321 g/mol. The Balaban J connectivity index is 1.89. The molecule has 0 aliphatic carbocycles. The Hall–Kier alpha value is -2.24. The Morgan fingerprint density at radius 2 is 1.78 bits per heavy atom.